The molecule has 104 valence electrons. The molecule has 0 heterocycles. The van der Waals surface area contributed by atoms with Crippen LogP contribution in [-0.2, 0) is 6.42 Å². The minimum atomic E-state index is -0.295. The second kappa shape index (κ2) is 10.2. The molecule has 0 saturated carbocycles. The average molecular weight is 264 g/mol. The fraction of sp³-hybridized carbons (Fsp3) is 0.294. The maximum Gasteiger partial charge on any atom is 0.123 e. The van der Waals surface area contributed by atoms with Gasteiger partial charge in [-0.3, -0.25) is 0 Å². The van der Waals surface area contributed by atoms with E-state index < -0.39 is 0 Å². The number of hydrogen-bond acceptors (Lipinski definition) is 0. The molecule has 1 rings (SSSR count). The summed E-state index contributed by atoms with van der Waals surface area (Å²) in [5.41, 5.74) is 2.29. The number of hydrogen-bond donors (Lipinski definition) is 0. The lowest BCUT2D eigenvalue weighted by Crippen LogP contribution is -1.81. The Balaban J connectivity index is 0.000000344. The Bertz CT molecular complexity index is 421. The van der Waals surface area contributed by atoms with Crippen LogP contribution in [0.4, 0.5) is 8.78 Å². The van der Waals surface area contributed by atoms with Gasteiger partial charge in [0.25, 0.3) is 0 Å². The average Bonchev–Trinajstić information content (AvgIpc) is 2.39. The number of halogens is 2. The zero-order valence-electron chi connectivity index (χ0n) is 11.9. The van der Waals surface area contributed by atoms with Gasteiger partial charge < -0.3 is 0 Å². The van der Waals surface area contributed by atoms with Crippen molar-refractivity contribution in [1.82, 2.24) is 0 Å². The summed E-state index contributed by atoms with van der Waals surface area (Å²) >= 11 is 0. The van der Waals surface area contributed by atoms with Crippen LogP contribution in [0.25, 0.3) is 0 Å². The number of allylic oxidation sites excluding steroid dienone is 5. The number of benzene rings is 1. The Labute approximate surface area is 115 Å². The molecule has 2 heteroatoms. The standard InChI is InChI=1S/C9H11F.C8H11F/c1-2-3-8-4-6-9(10)7-5-8;1-4-8(9)6-5-7(2)3/h4-7H,2-3H2,1H3;4-6H,1H2,2-3H3/b;8-6+. The van der Waals surface area contributed by atoms with Gasteiger partial charge in [0.15, 0.2) is 0 Å². The van der Waals surface area contributed by atoms with Crippen LogP contribution < -0.4 is 0 Å². The third kappa shape index (κ3) is 9.95. The lowest BCUT2D eigenvalue weighted by Gasteiger charge is -1.95. The summed E-state index contributed by atoms with van der Waals surface area (Å²) in [5.74, 6) is -0.448. The molecule has 1 aromatic carbocycles. The predicted molar refractivity (Wildman–Crippen MR) is 79.2 cm³/mol. The van der Waals surface area contributed by atoms with Crippen LogP contribution in [0.3, 0.4) is 0 Å². The zero-order chi connectivity index (χ0) is 14.7. The number of aryl methyl sites for hydroxylation is 1. The molecule has 1 aromatic rings. The van der Waals surface area contributed by atoms with Crippen molar-refractivity contribution in [3.63, 3.8) is 0 Å². The lowest BCUT2D eigenvalue weighted by molar-refractivity contribution is 0.627. The fourth-order valence-corrected chi connectivity index (χ4v) is 1.25. The van der Waals surface area contributed by atoms with Crippen LogP contribution in [0.5, 0.6) is 0 Å². The SMILES string of the molecule is C=C/C(F)=C\C=C(C)C.CCCc1ccc(F)cc1. The third-order valence-electron chi connectivity index (χ3n) is 2.22. The van der Waals surface area contributed by atoms with Gasteiger partial charge in [-0.25, -0.2) is 8.78 Å². The van der Waals surface area contributed by atoms with Crippen LogP contribution in [0.2, 0.25) is 0 Å². The van der Waals surface area contributed by atoms with Gasteiger partial charge in [-0.15, -0.1) is 0 Å². The fourth-order valence-electron chi connectivity index (χ4n) is 1.25. The van der Waals surface area contributed by atoms with Gasteiger partial charge in [-0.1, -0.05) is 43.7 Å². The van der Waals surface area contributed by atoms with E-state index >= 15 is 0 Å². The van der Waals surface area contributed by atoms with Gasteiger partial charge in [0.1, 0.15) is 11.6 Å². The molecule has 0 aliphatic carbocycles. The molecule has 0 fully saturated rings. The van der Waals surface area contributed by atoms with E-state index in [1.807, 2.05) is 26.0 Å². The van der Waals surface area contributed by atoms with Gasteiger partial charge in [0.05, 0.1) is 0 Å². The Hall–Kier alpha value is -1.70. The van der Waals surface area contributed by atoms with Crippen molar-refractivity contribution >= 4 is 0 Å². The van der Waals surface area contributed by atoms with Crippen LogP contribution >= 0.6 is 0 Å². The first-order valence-electron chi connectivity index (χ1n) is 6.37. The maximum absolute atomic E-state index is 12.3. The molecule has 0 amide bonds. The van der Waals surface area contributed by atoms with E-state index in [2.05, 4.69) is 13.5 Å². The van der Waals surface area contributed by atoms with E-state index in [0.29, 0.717) is 0 Å². The second-order valence-corrected chi connectivity index (χ2v) is 4.38. The predicted octanol–water partition coefficient (Wildman–Crippen LogP) is 5.77. The summed E-state index contributed by atoms with van der Waals surface area (Å²) in [7, 11) is 0. The van der Waals surface area contributed by atoms with Crippen molar-refractivity contribution in [3.8, 4) is 0 Å². The first kappa shape index (κ1) is 17.3. The highest BCUT2D eigenvalue weighted by Gasteiger charge is 1.90. The third-order valence-corrected chi connectivity index (χ3v) is 2.22. The van der Waals surface area contributed by atoms with Gasteiger partial charge in [-0.05, 0) is 50.1 Å². The van der Waals surface area contributed by atoms with Crippen molar-refractivity contribution in [2.75, 3.05) is 0 Å². The van der Waals surface area contributed by atoms with Crippen molar-refractivity contribution in [3.05, 3.63) is 71.9 Å². The van der Waals surface area contributed by atoms with Crippen molar-refractivity contribution in [2.45, 2.75) is 33.6 Å². The summed E-state index contributed by atoms with van der Waals surface area (Å²) in [5, 5.41) is 0. The summed E-state index contributed by atoms with van der Waals surface area (Å²) in [6, 6.07) is 6.67. The van der Waals surface area contributed by atoms with E-state index in [-0.39, 0.29) is 11.6 Å². The highest BCUT2D eigenvalue weighted by Crippen LogP contribution is 2.04. The molecular formula is C17H22F2. The van der Waals surface area contributed by atoms with Gasteiger partial charge in [-0.2, -0.15) is 0 Å². The van der Waals surface area contributed by atoms with E-state index in [1.54, 1.807) is 6.08 Å². The van der Waals surface area contributed by atoms with E-state index in [4.69, 9.17) is 0 Å². The molecule has 0 nitrogen and oxygen atoms in total. The summed E-state index contributed by atoms with van der Waals surface area (Å²) in [6.07, 6.45) is 6.44. The molecule has 0 bridgehead atoms. The Kier molecular flexibility index (Phi) is 9.33. The molecular weight excluding hydrogens is 242 g/mol. The zero-order valence-corrected chi connectivity index (χ0v) is 11.9. The van der Waals surface area contributed by atoms with Crippen molar-refractivity contribution < 1.29 is 8.78 Å². The Morgan fingerprint density at radius 3 is 2.16 bits per heavy atom. The topological polar surface area (TPSA) is 0 Å². The molecule has 0 saturated heterocycles. The van der Waals surface area contributed by atoms with Gasteiger partial charge in [0, 0.05) is 0 Å². The monoisotopic (exact) mass is 264 g/mol. The van der Waals surface area contributed by atoms with Gasteiger partial charge in [0.2, 0.25) is 0 Å². The van der Waals surface area contributed by atoms with Crippen LogP contribution in [0.1, 0.15) is 32.8 Å². The molecule has 0 aliphatic heterocycles. The first-order valence-corrected chi connectivity index (χ1v) is 6.37. The molecule has 0 spiro atoms. The quantitative estimate of drug-likeness (QED) is 0.605. The smallest absolute Gasteiger partial charge is 0.123 e. The molecule has 0 aliphatic rings. The normalized spacial score (nSPS) is 10.3. The highest BCUT2D eigenvalue weighted by molar-refractivity contribution is 5.17. The van der Waals surface area contributed by atoms with Crippen LogP contribution in [0.15, 0.2) is 60.5 Å². The van der Waals surface area contributed by atoms with Gasteiger partial charge >= 0.3 is 0 Å². The first-order chi connectivity index (χ1) is 8.99. The summed E-state index contributed by atoms with van der Waals surface area (Å²) in [4.78, 5) is 0. The molecule has 19 heavy (non-hydrogen) atoms. The second-order valence-electron chi connectivity index (χ2n) is 4.38. The molecule has 0 N–H and O–H groups in total. The lowest BCUT2D eigenvalue weighted by atomic mass is 10.1. The number of rotatable bonds is 4. The molecule has 0 radical (unpaired) electrons. The highest BCUT2D eigenvalue weighted by atomic mass is 19.1. The van der Waals surface area contributed by atoms with Crippen LogP contribution in [0, 0.1) is 5.82 Å². The van der Waals surface area contributed by atoms with Crippen molar-refractivity contribution in [1.29, 1.82) is 0 Å². The van der Waals surface area contributed by atoms with E-state index in [1.165, 1.54) is 29.8 Å². The molecule has 0 atom stereocenters. The van der Waals surface area contributed by atoms with Crippen LogP contribution in [-0.4, -0.2) is 0 Å². The van der Waals surface area contributed by atoms with E-state index in [0.717, 1.165) is 18.4 Å². The Morgan fingerprint density at radius 1 is 1.16 bits per heavy atom. The maximum atomic E-state index is 12.3. The largest absolute Gasteiger partial charge is 0.207 e. The van der Waals surface area contributed by atoms with E-state index in [9.17, 15) is 8.78 Å². The molecule has 0 aromatic heterocycles. The minimum Gasteiger partial charge on any atom is -0.207 e. The molecule has 0 unspecified atom stereocenters. The van der Waals surface area contributed by atoms with Crippen molar-refractivity contribution in [2.24, 2.45) is 0 Å². The Morgan fingerprint density at radius 2 is 1.74 bits per heavy atom. The minimum absolute atomic E-state index is 0.153. The summed E-state index contributed by atoms with van der Waals surface area (Å²) < 4.78 is 24.5. The summed E-state index contributed by atoms with van der Waals surface area (Å²) in [6.45, 7) is 9.20.